The molecule has 2 aliphatic rings. The van der Waals surface area contributed by atoms with Gasteiger partial charge in [0.05, 0.1) is 12.2 Å². The van der Waals surface area contributed by atoms with Gasteiger partial charge >= 0.3 is 5.97 Å². The number of aromatic nitrogens is 3. The third-order valence-corrected chi connectivity index (χ3v) is 6.00. The lowest BCUT2D eigenvalue weighted by Crippen LogP contribution is -2.45. The minimum absolute atomic E-state index is 0.0330. The Morgan fingerprint density at radius 2 is 1.81 bits per heavy atom. The summed E-state index contributed by atoms with van der Waals surface area (Å²) in [5.74, 6) is 0.189. The van der Waals surface area contributed by atoms with Crippen LogP contribution < -0.4 is 4.90 Å². The van der Waals surface area contributed by atoms with Crippen LogP contribution in [0.2, 0.25) is 0 Å². The largest absolute Gasteiger partial charge is 0.463 e. The molecule has 0 unspecified atom stereocenters. The molecule has 1 fully saturated rings. The monoisotopic (exact) mass is 423 g/mol. The fourth-order valence-electron chi connectivity index (χ4n) is 4.33. The number of benzene rings is 1. The van der Waals surface area contributed by atoms with E-state index in [9.17, 15) is 9.59 Å². The second-order valence-corrected chi connectivity index (χ2v) is 8.06. The number of nitrogens with zero attached hydrogens (tertiary/aromatic N) is 5. The number of rotatable bonds is 5. The minimum atomic E-state index is -0.460. The van der Waals surface area contributed by atoms with Gasteiger partial charge in [-0.15, -0.1) is 0 Å². The summed E-state index contributed by atoms with van der Waals surface area (Å²) in [7, 11) is 0. The molecule has 0 saturated carbocycles. The molecule has 0 radical (unpaired) electrons. The fourth-order valence-corrected chi connectivity index (χ4v) is 4.33. The van der Waals surface area contributed by atoms with E-state index in [0.29, 0.717) is 17.2 Å². The minimum Gasteiger partial charge on any atom is -0.463 e. The van der Waals surface area contributed by atoms with Gasteiger partial charge in [-0.3, -0.25) is 4.79 Å². The van der Waals surface area contributed by atoms with Gasteiger partial charge in [0.25, 0.3) is 0 Å². The molecule has 1 saturated heterocycles. The highest BCUT2D eigenvalue weighted by Gasteiger charge is 2.38. The first kappa shape index (κ1) is 21.1. The molecule has 8 nitrogen and oxygen atoms in total. The van der Waals surface area contributed by atoms with Gasteiger partial charge in [0, 0.05) is 18.8 Å². The van der Waals surface area contributed by atoms with E-state index >= 15 is 0 Å². The number of allylic oxidation sites excluding steroid dienone is 1. The zero-order chi connectivity index (χ0) is 22.0. The lowest BCUT2D eigenvalue weighted by atomic mass is 9.94. The molecule has 1 atom stereocenters. The van der Waals surface area contributed by atoms with Gasteiger partial charge in [0.15, 0.2) is 0 Å². The summed E-state index contributed by atoms with van der Waals surface area (Å²) >= 11 is 0. The number of amides is 1. The van der Waals surface area contributed by atoms with Crippen molar-refractivity contribution < 1.29 is 14.3 Å². The summed E-state index contributed by atoms with van der Waals surface area (Å²) in [4.78, 5) is 34.2. The number of hydrogen-bond donors (Lipinski definition) is 0. The van der Waals surface area contributed by atoms with E-state index in [0.717, 1.165) is 43.5 Å². The molecule has 4 rings (SSSR count). The number of aryl methyl sites for hydroxylation is 1. The maximum Gasteiger partial charge on any atom is 0.338 e. The van der Waals surface area contributed by atoms with Crippen LogP contribution in [0.4, 0.5) is 5.95 Å². The van der Waals surface area contributed by atoms with Crippen molar-refractivity contribution in [3.05, 3.63) is 53.0 Å². The molecule has 0 spiro atoms. The fraction of sp³-hybridized carbons (Fsp3) is 0.478. The quantitative estimate of drug-likeness (QED) is 0.688. The predicted octanol–water partition coefficient (Wildman–Crippen LogP) is 2.85. The van der Waals surface area contributed by atoms with Crippen molar-refractivity contribution in [3.63, 3.8) is 0 Å². The van der Waals surface area contributed by atoms with Crippen LogP contribution in [0.15, 0.2) is 41.9 Å². The molecule has 0 N–H and O–H groups in total. The number of esters is 1. The van der Waals surface area contributed by atoms with Crippen LogP contribution in [0.1, 0.15) is 50.3 Å². The van der Waals surface area contributed by atoms with Crippen molar-refractivity contribution in [3.8, 4) is 0 Å². The molecule has 164 valence electrons. The Morgan fingerprint density at radius 3 is 2.48 bits per heavy atom. The zero-order valence-electron chi connectivity index (χ0n) is 18.4. The van der Waals surface area contributed by atoms with Gasteiger partial charge in [-0.25, -0.2) is 9.48 Å². The van der Waals surface area contributed by atoms with Crippen LogP contribution in [-0.4, -0.2) is 57.8 Å². The number of carbonyl (C=O) groups is 2. The van der Waals surface area contributed by atoms with Crippen molar-refractivity contribution in [2.45, 2.75) is 46.1 Å². The van der Waals surface area contributed by atoms with Gasteiger partial charge in [0.1, 0.15) is 18.9 Å². The molecule has 0 bridgehead atoms. The highest BCUT2D eigenvalue weighted by atomic mass is 16.5. The lowest BCUT2D eigenvalue weighted by molar-refractivity contribution is -0.139. The number of piperidine rings is 1. The third-order valence-electron chi connectivity index (χ3n) is 6.00. The van der Waals surface area contributed by atoms with Crippen molar-refractivity contribution in [1.82, 2.24) is 19.7 Å². The van der Waals surface area contributed by atoms with Crippen molar-refractivity contribution in [1.29, 1.82) is 0 Å². The summed E-state index contributed by atoms with van der Waals surface area (Å²) < 4.78 is 7.12. The van der Waals surface area contributed by atoms with Crippen LogP contribution in [0, 0.1) is 6.92 Å². The van der Waals surface area contributed by atoms with Gasteiger partial charge in [-0.1, -0.05) is 29.8 Å². The number of likely N-dealkylation sites (tertiary alicyclic amines) is 1. The van der Waals surface area contributed by atoms with E-state index in [2.05, 4.69) is 10.1 Å². The maximum atomic E-state index is 13.1. The average Bonchev–Trinajstić information content (AvgIpc) is 3.26. The second-order valence-electron chi connectivity index (χ2n) is 8.06. The van der Waals surface area contributed by atoms with E-state index in [1.165, 1.54) is 6.33 Å². The summed E-state index contributed by atoms with van der Waals surface area (Å²) in [5, 5.41) is 4.43. The molecule has 1 aromatic carbocycles. The van der Waals surface area contributed by atoms with Crippen LogP contribution in [0.25, 0.3) is 0 Å². The number of anilines is 1. The Morgan fingerprint density at radius 1 is 1.10 bits per heavy atom. The first-order chi connectivity index (χ1) is 15.0. The summed E-state index contributed by atoms with van der Waals surface area (Å²) in [6.07, 6.45) is 4.68. The van der Waals surface area contributed by atoms with Gasteiger partial charge in [-0.05, 0) is 45.6 Å². The van der Waals surface area contributed by atoms with Crippen LogP contribution in [-0.2, 0) is 14.3 Å². The molecule has 2 aromatic rings. The van der Waals surface area contributed by atoms with E-state index in [-0.39, 0.29) is 19.1 Å². The highest BCUT2D eigenvalue weighted by molar-refractivity contribution is 5.93. The molecule has 8 heteroatoms. The Labute approximate surface area is 182 Å². The van der Waals surface area contributed by atoms with Crippen molar-refractivity contribution in [2.24, 2.45) is 0 Å². The van der Waals surface area contributed by atoms with Crippen LogP contribution >= 0.6 is 0 Å². The lowest BCUT2D eigenvalue weighted by Gasteiger charge is -2.36. The Bertz CT molecular complexity index is 989. The second kappa shape index (κ2) is 8.91. The smallest absolute Gasteiger partial charge is 0.338 e. The summed E-state index contributed by atoms with van der Waals surface area (Å²) in [6, 6.07) is 7.55. The van der Waals surface area contributed by atoms with E-state index in [4.69, 9.17) is 4.74 Å². The summed E-state index contributed by atoms with van der Waals surface area (Å²) in [6.45, 7) is 7.61. The van der Waals surface area contributed by atoms with E-state index in [1.54, 1.807) is 16.5 Å². The Kier molecular flexibility index (Phi) is 6.06. The molecule has 1 aromatic heterocycles. The molecular formula is C23H29N5O3. The SMILES string of the molecule is CCOC(=O)C1=C(C)N(CC(=O)N2CCCCC2)c2ncnn2[C@@H]1c1ccc(C)cc1. The highest BCUT2D eigenvalue weighted by Crippen LogP contribution is 2.38. The Hall–Kier alpha value is -3.16. The van der Waals surface area contributed by atoms with Crippen molar-refractivity contribution in [2.75, 3.05) is 31.1 Å². The van der Waals surface area contributed by atoms with Crippen LogP contribution in [0.3, 0.4) is 0 Å². The molecule has 1 amide bonds. The zero-order valence-corrected chi connectivity index (χ0v) is 18.4. The van der Waals surface area contributed by atoms with Gasteiger partial charge < -0.3 is 14.5 Å². The molecule has 31 heavy (non-hydrogen) atoms. The standard InChI is InChI=1S/C23H29N5O3/c1-4-31-22(30)20-17(3)27(14-19(29)26-12-6-5-7-13-26)23-24-15-25-28(23)21(20)18-10-8-16(2)9-11-18/h8-11,15,21H,4-7,12-14H2,1-3H3/t21-/m1/s1. The number of fused-ring (bicyclic) bond motifs is 1. The first-order valence-corrected chi connectivity index (χ1v) is 10.9. The first-order valence-electron chi connectivity index (χ1n) is 10.9. The van der Waals surface area contributed by atoms with E-state index < -0.39 is 12.0 Å². The molecule has 0 aliphatic carbocycles. The third kappa shape index (κ3) is 4.06. The average molecular weight is 424 g/mol. The normalized spacial score (nSPS) is 18.7. The van der Waals surface area contributed by atoms with E-state index in [1.807, 2.05) is 43.0 Å². The molecule has 2 aliphatic heterocycles. The topological polar surface area (TPSA) is 80.6 Å². The predicted molar refractivity (Wildman–Crippen MR) is 116 cm³/mol. The number of ether oxygens (including phenoxy) is 1. The summed E-state index contributed by atoms with van der Waals surface area (Å²) in [5.41, 5.74) is 3.21. The molecular weight excluding hydrogens is 394 g/mol. The maximum absolute atomic E-state index is 13.1. The van der Waals surface area contributed by atoms with Crippen LogP contribution in [0.5, 0.6) is 0 Å². The van der Waals surface area contributed by atoms with Crippen molar-refractivity contribution >= 4 is 17.8 Å². The van der Waals surface area contributed by atoms with Gasteiger partial charge in [0.2, 0.25) is 11.9 Å². The van der Waals surface area contributed by atoms with Gasteiger partial charge in [-0.2, -0.15) is 10.1 Å². The number of hydrogen-bond acceptors (Lipinski definition) is 6. The Balaban J connectivity index is 1.75. The molecule has 3 heterocycles. The number of carbonyl (C=O) groups excluding carboxylic acids is 2.